The quantitative estimate of drug-likeness (QED) is 0.653. The first-order chi connectivity index (χ1) is 14.7. The number of rotatable bonds is 8. The van der Waals surface area contributed by atoms with Crippen LogP contribution >= 0.6 is 11.3 Å². The summed E-state index contributed by atoms with van der Waals surface area (Å²) in [6, 6.07) is 11.1. The molecule has 0 saturated carbocycles. The second-order valence-corrected chi connectivity index (χ2v) is 7.97. The largest absolute Gasteiger partial charge is 0.494 e. The summed E-state index contributed by atoms with van der Waals surface area (Å²) in [6.07, 6.45) is 0. The van der Waals surface area contributed by atoms with Gasteiger partial charge in [0.25, 0.3) is 11.8 Å². The highest BCUT2D eigenvalue weighted by atomic mass is 32.1. The van der Waals surface area contributed by atoms with Gasteiger partial charge in [0.1, 0.15) is 11.4 Å². The van der Waals surface area contributed by atoms with Crippen LogP contribution in [0.4, 0.5) is 5.69 Å². The Balaban J connectivity index is 1.54. The summed E-state index contributed by atoms with van der Waals surface area (Å²) in [5, 5.41) is 5.09. The summed E-state index contributed by atoms with van der Waals surface area (Å²) in [6.45, 7) is 6.54. The summed E-state index contributed by atoms with van der Waals surface area (Å²) < 4.78 is 10.8. The number of nitrogens with zero attached hydrogens (tertiary/aromatic N) is 2. The van der Waals surface area contributed by atoms with E-state index in [9.17, 15) is 9.59 Å². The molecule has 1 aromatic carbocycles. The zero-order valence-electron chi connectivity index (χ0n) is 16.9. The van der Waals surface area contributed by atoms with E-state index in [2.05, 4.69) is 10.2 Å². The molecule has 0 atom stereocenters. The van der Waals surface area contributed by atoms with Crippen molar-refractivity contribution in [2.45, 2.75) is 6.92 Å². The SMILES string of the molecule is CCOc1ccc(NC2=C(c3cccs3)C(=O)N(CCN3CCOCC3)C2=O)cc1. The standard InChI is InChI=1S/C22H25N3O4S/c1-2-29-17-7-5-16(6-8-17)23-20-19(18-4-3-15-30-18)21(26)25(22(20)27)10-9-24-11-13-28-14-12-24/h3-8,15,23H,2,9-14H2,1H3. The van der Waals surface area contributed by atoms with E-state index in [0.29, 0.717) is 44.2 Å². The molecule has 1 saturated heterocycles. The number of anilines is 1. The monoisotopic (exact) mass is 427 g/mol. The minimum absolute atomic E-state index is 0.246. The third kappa shape index (κ3) is 4.40. The van der Waals surface area contributed by atoms with Gasteiger partial charge in [-0.25, -0.2) is 0 Å². The highest BCUT2D eigenvalue weighted by Gasteiger charge is 2.39. The van der Waals surface area contributed by atoms with Crippen molar-refractivity contribution >= 4 is 34.4 Å². The van der Waals surface area contributed by atoms with Crippen molar-refractivity contribution in [2.75, 3.05) is 51.3 Å². The average Bonchev–Trinajstić information content (AvgIpc) is 3.36. The predicted octanol–water partition coefficient (Wildman–Crippen LogP) is 2.67. The van der Waals surface area contributed by atoms with Crippen LogP contribution in [0, 0.1) is 0 Å². The van der Waals surface area contributed by atoms with Crippen molar-refractivity contribution in [3.8, 4) is 5.75 Å². The summed E-state index contributed by atoms with van der Waals surface area (Å²) in [4.78, 5) is 30.7. The van der Waals surface area contributed by atoms with E-state index in [0.717, 1.165) is 29.4 Å². The zero-order valence-corrected chi connectivity index (χ0v) is 17.7. The van der Waals surface area contributed by atoms with Gasteiger partial charge in [-0.3, -0.25) is 19.4 Å². The molecule has 0 radical (unpaired) electrons. The van der Waals surface area contributed by atoms with Crippen LogP contribution in [0.15, 0.2) is 47.5 Å². The molecule has 0 unspecified atom stereocenters. The number of hydrogen-bond acceptors (Lipinski definition) is 7. The zero-order chi connectivity index (χ0) is 20.9. The fourth-order valence-electron chi connectivity index (χ4n) is 3.56. The molecule has 2 aliphatic heterocycles. The first kappa shape index (κ1) is 20.6. The van der Waals surface area contributed by atoms with Crippen LogP contribution in [0.1, 0.15) is 11.8 Å². The van der Waals surface area contributed by atoms with Gasteiger partial charge in [-0.15, -0.1) is 11.3 Å². The van der Waals surface area contributed by atoms with Crippen LogP contribution in [0.5, 0.6) is 5.75 Å². The molecule has 0 bridgehead atoms. The van der Waals surface area contributed by atoms with E-state index >= 15 is 0 Å². The first-order valence-electron chi connectivity index (χ1n) is 10.1. The number of nitrogens with one attached hydrogen (secondary N) is 1. The molecule has 3 heterocycles. The Morgan fingerprint density at radius 1 is 1.07 bits per heavy atom. The van der Waals surface area contributed by atoms with Crippen LogP contribution in [0.2, 0.25) is 0 Å². The minimum Gasteiger partial charge on any atom is -0.494 e. The Bertz CT molecular complexity index is 918. The lowest BCUT2D eigenvalue weighted by molar-refractivity contribution is -0.137. The number of imide groups is 1. The number of hydrogen-bond donors (Lipinski definition) is 1. The van der Waals surface area contributed by atoms with Crippen LogP contribution in [-0.4, -0.2) is 67.6 Å². The molecule has 158 valence electrons. The molecule has 1 aromatic heterocycles. The number of benzene rings is 1. The topological polar surface area (TPSA) is 71.1 Å². The van der Waals surface area contributed by atoms with Crippen LogP contribution in [0.3, 0.4) is 0 Å². The van der Waals surface area contributed by atoms with Crippen molar-refractivity contribution in [3.05, 3.63) is 52.4 Å². The normalized spacial score (nSPS) is 17.7. The average molecular weight is 428 g/mol. The van der Waals surface area contributed by atoms with E-state index in [1.165, 1.54) is 16.2 Å². The van der Waals surface area contributed by atoms with Crippen LogP contribution < -0.4 is 10.1 Å². The van der Waals surface area contributed by atoms with Gasteiger partial charge in [-0.1, -0.05) is 6.07 Å². The van der Waals surface area contributed by atoms with Gasteiger partial charge < -0.3 is 14.8 Å². The first-order valence-corrected chi connectivity index (χ1v) is 11.0. The summed E-state index contributed by atoms with van der Waals surface area (Å²) >= 11 is 1.45. The van der Waals surface area contributed by atoms with Crippen molar-refractivity contribution in [2.24, 2.45) is 0 Å². The highest BCUT2D eigenvalue weighted by molar-refractivity contribution is 7.11. The van der Waals surface area contributed by atoms with Gasteiger partial charge in [-0.2, -0.15) is 0 Å². The molecule has 1 N–H and O–H groups in total. The number of amides is 2. The van der Waals surface area contributed by atoms with E-state index in [4.69, 9.17) is 9.47 Å². The van der Waals surface area contributed by atoms with Crippen molar-refractivity contribution in [1.29, 1.82) is 0 Å². The molecular formula is C22H25N3O4S. The maximum absolute atomic E-state index is 13.2. The lowest BCUT2D eigenvalue weighted by atomic mass is 10.2. The highest BCUT2D eigenvalue weighted by Crippen LogP contribution is 2.33. The Labute approximate surface area is 179 Å². The molecule has 2 aliphatic rings. The Morgan fingerprint density at radius 3 is 2.50 bits per heavy atom. The number of ether oxygens (including phenoxy) is 2. The molecule has 0 aliphatic carbocycles. The van der Waals surface area contributed by atoms with Gasteiger partial charge in [0.15, 0.2) is 0 Å². The van der Waals surface area contributed by atoms with Gasteiger partial charge in [-0.05, 0) is 42.6 Å². The fourth-order valence-corrected chi connectivity index (χ4v) is 4.32. The number of carbonyl (C=O) groups is 2. The Kier molecular flexibility index (Phi) is 6.47. The third-order valence-corrected chi connectivity index (χ3v) is 6.00. The maximum atomic E-state index is 13.2. The number of morpholine rings is 1. The van der Waals surface area contributed by atoms with Crippen molar-refractivity contribution < 1.29 is 19.1 Å². The van der Waals surface area contributed by atoms with Crippen molar-refractivity contribution in [1.82, 2.24) is 9.80 Å². The molecule has 4 rings (SSSR count). The lowest BCUT2D eigenvalue weighted by Gasteiger charge is -2.28. The van der Waals surface area contributed by atoms with E-state index in [1.54, 1.807) is 0 Å². The molecule has 2 aromatic rings. The summed E-state index contributed by atoms with van der Waals surface area (Å²) in [5.41, 5.74) is 1.50. The summed E-state index contributed by atoms with van der Waals surface area (Å²) in [7, 11) is 0. The van der Waals surface area contributed by atoms with Crippen LogP contribution in [-0.2, 0) is 14.3 Å². The molecule has 8 heteroatoms. The molecule has 2 amide bonds. The minimum atomic E-state index is -0.287. The van der Waals surface area contributed by atoms with E-state index in [-0.39, 0.29) is 11.8 Å². The number of thiophene rings is 1. The van der Waals surface area contributed by atoms with Gasteiger partial charge in [0.2, 0.25) is 0 Å². The van der Waals surface area contributed by atoms with Gasteiger partial charge in [0.05, 0.1) is 25.4 Å². The molecular weight excluding hydrogens is 402 g/mol. The van der Waals surface area contributed by atoms with Gasteiger partial charge in [0, 0.05) is 36.7 Å². The van der Waals surface area contributed by atoms with Gasteiger partial charge >= 0.3 is 0 Å². The van der Waals surface area contributed by atoms with E-state index in [1.807, 2.05) is 48.7 Å². The van der Waals surface area contributed by atoms with Crippen LogP contribution in [0.25, 0.3) is 5.57 Å². The third-order valence-electron chi connectivity index (χ3n) is 5.11. The Hall–Kier alpha value is -2.68. The molecule has 0 spiro atoms. The fraction of sp³-hybridized carbons (Fsp3) is 0.364. The van der Waals surface area contributed by atoms with Crippen molar-refractivity contribution in [3.63, 3.8) is 0 Å². The lowest BCUT2D eigenvalue weighted by Crippen LogP contribution is -2.43. The predicted molar refractivity (Wildman–Crippen MR) is 116 cm³/mol. The van der Waals surface area contributed by atoms with E-state index < -0.39 is 0 Å². The number of carbonyl (C=O) groups excluding carboxylic acids is 2. The maximum Gasteiger partial charge on any atom is 0.278 e. The molecule has 7 nitrogen and oxygen atoms in total. The second-order valence-electron chi connectivity index (χ2n) is 7.03. The summed E-state index contributed by atoms with van der Waals surface area (Å²) in [5.74, 6) is 0.228. The molecule has 1 fully saturated rings. The molecule has 30 heavy (non-hydrogen) atoms. The second kappa shape index (κ2) is 9.42. The Morgan fingerprint density at radius 2 is 1.83 bits per heavy atom. The smallest absolute Gasteiger partial charge is 0.278 e.